The number of rotatable bonds is 11. The number of nitrogens with zero attached hydrogens (tertiary/aromatic N) is 1. The Labute approximate surface area is 167 Å². The van der Waals surface area contributed by atoms with E-state index in [-0.39, 0.29) is 24.6 Å². The van der Waals surface area contributed by atoms with Gasteiger partial charge in [-0.3, -0.25) is 14.4 Å². The first-order chi connectivity index (χ1) is 13.2. The number of nitrogens with one attached hydrogen (secondary N) is 4. The predicted molar refractivity (Wildman–Crippen MR) is 103 cm³/mol. The van der Waals surface area contributed by atoms with Gasteiger partial charge in [0.2, 0.25) is 17.7 Å². The van der Waals surface area contributed by atoms with Crippen molar-refractivity contribution < 1.29 is 24.3 Å². The van der Waals surface area contributed by atoms with Gasteiger partial charge in [0.1, 0.15) is 18.1 Å². The van der Waals surface area contributed by atoms with E-state index in [1.54, 1.807) is 13.8 Å². The van der Waals surface area contributed by atoms with E-state index in [4.69, 9.17) is 5.73 Å². The number of carboxylic acids is 1. The summed E-state index contributed by atoms with van der Waals surface area (Å²) < 4.78 is 0. The maximum absolute atomic E-state index is 12.6. The van der Waals surface area contributed by atoms with Gasteiger partial charge < -0.3 is 31.8 Å². The fourth-order valence-electron chi connectivity index (χ4n) is 2.31. The summed E-state index contributed by atoms with van der Waals surface area (Å²) in [6.07, 6.45) is 3.02. The van der Waals surface area contributed by atoms with Gasteiger partial charge in [0.05, 0.1) is 12.9 Å². The van der Waals surface area contributed by atoms with Crippen LogP contribution in [0.3, 0.4) is 0 Å². The molecule has 0 saturated heterocycles. The van der Waals surface area contributed by atoms with Crippen LogP contribution in [0.15, 0.2) is 12.5 Å². The lowest BCUT2D eigenvalue weighted by Gasteiger charge is -2.24. The molecule has 0 aromatic carbocycles. The fraction of sp³-hybridized carbons (Fsp3) is 0.562. The lowest BCUT2D eigenvalue weighted by molar-refractivity contribution is -0.143. The van der Waals surface area contributed by atoms with Crippen molar-refractivity contribution >= 4 is 36.3 Å². The Morgan fingerprint density at radius 1 is 1.18 bits per heavy atom. The second kappa shape index (κ2) is 11.3. The van der Waals surface area contributed by atoms with E-state index in [0.29, 0.717) is 5.69 Å². The van der Waals surface area contributed by atoms with Crippen LogP contribution in [0.4, 0.5) is 0 Å². The van der Waals surface area contributed by atoms with Crippen molar-refractivity contribution in [2.75, 3.05) is 12.3 Å². The Morgan fingerprint density at radius 2 is 1.82 bits per heavy atom. The zero-order chi connectivity index (χ0) is 21.3. The largest absolute Gasteiger partial charge is 0.480 e. The lowest BCUT2D eigenvalue weighted by Crippen LogP contribution is -2.57. The maximum atomic E-state index is 12.6. The maximum Gasteiger partial charge on any atom is 0.326 e. The highest BCUT2D eigenvalue weighted by Crippen LogP contribution is 2.04. The monoisotopic (exact) mass is 414 g/mol. The second-order valence-electron chi connectivity index (χ2n) is 6.42. The van der Waals surface area contributed by atoms with Crippen LogP contribution < -0.4 is 21.7 Å². The first-order valence-corrected chi connectivity index (χ1v) is 9.23. The van der Waals surface area contributed by atoms with Gasteiger partial charge in [-0.25, -0.2) is 9.78 Å². The van der Waals surface area contributed by atoms with Crippen molar-refractivity contribution in [3.05, 3.63) is 18.2 Å². The molecule has 3 atom stereocenters. The van der Waals surface area contributed by atoms with Crippen molar-refractivity contribution in [1.82, 2.24) is 25.9 Å². The molecular formula is C16H26N6O5S. The van der Waals surface area contributed by atoms with Gasteiger partial charge >= 0.3 is 5.97 Å². The van der Waals surface area contributed by atoms with Crippen LogP contribution in [0.2, 0.25) is 0 Å². The van der Waals surface area contributed by atoms with Crippen molar-refractivity contribution in [2.45, 2.75) is 38.4 Å². The minimum absolute atomic E-state index is 0.0659. The second-order valence-corrected chi connectivity index (χ2v) is 6.78. The van der Waals surface area contributed by atoms with E-state index < -0.39 is 41.8 Å². The van der Waals surface area contributed by atoms with Gasteiger partial charge in [0, 0.05) is 24.1 Å². The topological polar surface area (TPSA) is 179 Å². The summed E-state index contributed by atoms with van der Waals surface area (Å²) in [6, 6.07) is -3.20. The number of nitrogens with two attached hydrogens (primary N) is 1. The van der Waals surface area contributed by atoms with Gasteiger partial charge in [0.25, 0.3) is 0 Å². The molecule has 0 bridgehead atoms. The smallest absolute Gasteiger partial charge is 0.326 e. The molecule has 7 N–H and O–H groups in total. The summed E-state index contributed by atoms with van der Waals surface area (Å²) in [6.45, 7) is 2.99. The quantitative estimate of drug-likeness (QED) is 0.205. The SMILES string of the molecule is CC(C)C(NC(=O)C(CS)NC(=O)C(Cc1cnc[nH]1)NC(=O)CN)C(=O)O. The summed E-state index contributed by atoms with van der Waals surface area (Å²) in [5.41, 5.74) is 5.88. The zero-order valence-corrected chi connectivity index (χ0v) is 16.5. The first-order valence-electron chi connectivity index (χ1n) is 8.60. The highest BCUT2D eigenvalue weighted by Gasteiger charge is 2.30. The number of aromatic amines is 1. The number of carbonyl (C=O) groups is 4. The molecule has 3 unspecified atom stereocenters. The normalized spacial score (nSPS) is 14.0. The average molecular weight is 414 g/mol. The summed E-state index contributed by atoms with van der Waals surface area (Å²) >= 11 is 4.05. The molecule has 156 valence electrons. The van der Waals surface area contributed by atoms with Gasteiger partial charge in [-0.15, -0.1) is 0 Å². The summed E-state index contributed by atoms with van der Waals surface area (Å²) in [4.78, 5) is 54.6. The van der Waals surface area contributed by atoms with Crippen LogP contribution in [0.5, 0.6) is 0 Å². The van der Waals surface area contributed by atoms with Crippen molar-refractivity contribution in [2.24, 2.45) is 11.7 Å². The Morgan fingerprint density at radius 3 is 2.29 bits per heavy atom. The molecule has 3 amide bonds. The Balaban J connectivity index is 2.84. The highest BCUT2D eigenvalue weighted by atomic mass is 32.1. The number of amides is 3. The number of hydrogen-bond acceptors (Lipinski definition) is 7. The molecular weight excluding hydrogens is 388 g/mol. The van der Waals surface area contributed by atoms with Crippen LogP contribution in [0.25, 0.3) is 0 Å². The van der Waals surface area contributed by atoms with Gasteiger partial charge in [-0.05, 0) is 5.92 Å². The van der Waals surface area contributed by atoms with Crippen molar-refractivity contribution in [3.8, 4) is 0 Å². The minimum Gasteiger partial charge on any atom is -0.480 e. The van der Waals surface area contributed by atoms with Gasteiger partial charge in [-0.2, -0.15) is 12.6 Å². The molecule has 1 aromatic heterocycles. The third-order valence-electron chi connectivity index (χ3n) is 3.86. The molecule has 0 fully saturated rings. The molecule has 0 spiro atoms. The molecule has 28 heavy (non-hydrogen) atoms. The number of aromatic nitrogens is 2. The predicted octanol–water partition coefficient (Wildman–Crippen LogP) is -1.96. The Hall–Kier alpha value is -2.60. The van der Waals surface area contributed by atoms with E-state index in [1.807, 2.05) is 0 Å². The summed E-state index contributed by atoms with van der Waals surface area (Å²) in [5, 5.41) is 16.5. The van der Waals surface area contributed by atoms with Crippen LogP contribution in [0, 0.1) is 5.92 Å². The number of hydrogen-bond donors (Lipinski definition) is 7. The van der Waals surface area contributed by atoms with Crippen LogP contribution in [0.1, 0.15) is 19.5 Å². The number of carboxylic acid groups (broad SMARTS) is 1. The van der Waals surface area contributed by atoms with Gasteiger partial charge in [0.15, 0.2) is 0 Å². The number of H-pyrrole nitrogens is 1. The Kier molecular flexibility index (Phi) is 9.45. The van der Waals surface area contributed by atoms with Gasteiger partial charge in [-0.1, -0.05) is 13.8 Å². The first kappa shape index (κ1) is 23.4. The zero-order valence-electron chi connectivity index (χ0n) is 15.6. The molecule has 1 rings (SSSR count). The number of imidazole rings is 1. The highest BCUT2D eigenvalue weighted by molar-refractivity contribution is 7.80. The molecule has 0 saturated carbocycles. The van der Waals surface area contributed by atoms with E-state index in [1.165, 1.54) is 12.5 Å². The average Bonchev–Trinajstić information content (AvgIpc) is 3.15. The third-order valence-corrected chi connectivity index (χ3v) is 4.23. The molecule has 12 heteroatoms. The molecule has 1 heterocycles. The van der Waals surface area contributed by atoms with Crippen LogP contribution >= 0.6 is 12.6 Å². The van der Waals surface area contributed by atoms with E-state index >= 15 is 0 Å². The lowest BCUT2D eigenvalue weighted by atomic mass is 10.0. The minimum atomic E-state index is -1.18. The number of thiol groups is 1. The van der Waals surface area contributed by atoms with E-state index in [0.717, 1.165) is 0 Å². The molecule has 0 aliphatic carbocycles. The van der Waals surface area contributed by atoms with Crippen LogP contribution in [-0.2, 0) is 25.6 Å². The molecule has 1 aromatic rings. The standard InChI is InChI=1S/C16H26N6O5S/c1-8(2)13(16(26)27)22-15(25)11(6-28)21-14(24)10(20-12(23)4-17)3-9-5-18-7-19-9/h5,7-8,10-11,13,28H,3-4,6,17H2,1-2H3,(H,18,19)(H,20,23)(H,21,24)(H,22,25)(H,26,27). The molecule has 0 aliphatic heterocycles. The van der Waals surface area contributed by atoms with Crippen LogP contribution in [-0.4, -0.2) is 69.2 Å². The van der Waals surface area contributed by atoms with E-state index in [2.05, 4.69) is 38.5 Å². The molecule has 11 nitrogen and oxygen atoms in total. The Bertz CT molecular complexity index is 681. The van der Waals surface area contributed by atoms with E-state index in [9.17, 15) is 24.3 Å². The summed E-state index contributed by atoms with van der Waals surface area (Å²) in [5.74, 6) is -3.47. The van der Waals surface area contributed by atoms with Crippen molar-refractivity contribution in [1.29, 1.82) is 0 Å². The fourth-order valence-corrected chi connectivity index (χ4v) is 2.57. The molecule has 0 aliphatic rings. The number of carbonyl (C=O) groups excluding carboxylic acids is 3. The molecule has 0 radical (unpaired) electrons. The summed E-state index contributed by atoms with van der Waals surface area (Å²) in [7, 11) is 0. The number of aliphatic carboxylic acids is 1. The third kappa shape index (κ3) is 7.19. The van der Waals surface area contributed by atoms with Crippen molar-refractivity contribution in [3.63, 3.8) is 0 Å².